The Morgan fingerprint density at radius 1 is 1.50 bits per heavy atom. The van der Waals surface area contributed by atoms with E-state index in [1.807, 2.05) is 5.38 Å². The second-order valence-electron chi connectivity index (χ2n) is 4.61. The summed E-state index contributed by atoms with van der Waals surface area (Å²) in [5, 5.41) is 1.92. The fourth-order valence-corrected chi connectivity index (χ4v) is 2.53. The summed E-state index contributed by atoms with van der Waals surface area (Å²) in [5.41, 5.74) is 8.64. The Labute approximate surface area is 109 Å². The largest absolute Gasteiger partial charge is 0.351 e. The van der Waals surface area contributed by atoms with Crippen LogP contribution in [0.4, 0.5) is 4.79 Å². The second kappa shape index (κ2) is 4.53. The maximum Gasteiger partial charge on any atom is 0.324 e. The normalized spacial score (nSPS) is 14.9. The van der Waals surface area contributed by atoms with Crippen molar-refractivity contribution < 1.29 is 4.79 Å². The number of thiazole rings is 1. The van der Waals surface area contributed by atoms with Gasteiger partial charge in [0.1, 0.15) is 17.2 Å². The minimum Gasteiger partial charge on any atom is -0.351 e. The molecule has 5 nitrogen and oxygen atoms in total. The number of hydrogen-bond acceptors (Lipinski definition) is 4. The first-order valence-corrected chi connectivity index (χ1v) is 6.95. The first kappa shape index (κ1) is 11.4. The van der Waals surface area contributed by atoms with Crippen LogP contribution in [-0.2, 0) is 6.42 Å². The van der Waals surface area contributed by atoms with Gasteiger partial charge in [0.05, 0.1) is 5.51 Å². The summed E-state index contributed by atoms with van der Waals surface area (Å²) in [5.74, 6) is 1.56. The van der Waals surface area contributed by atoms with Gasteiger partial charge in [-0.25, -0.2) is 14.8 Å². The molecule has 1 aliphatic rings. The Kier molecular flexibility index (Phi) is 2.87. The lowest BCUT2D eigenvalue weighted by atomic mass is 10.2. The van der Waals surface area contributed by atoms with E-state index in [0.717, 1.165) is 36.0 Å². The minimum absolute atomic E-state index is 0.477. The lowest BCUT2D eigenvalue weighted by molar-refractivity contribution is 0.249. The molecule has 2 N–H and O–H groups in total. The zero-order chi connectivity index (χ0) is 12.5. The van der Waals surface area contributed by atoms with Gasteiger partial charge in [0, 0.05) is 18.0 Å². The van der Waals surface area contributed by atoms with Crippen LogP contribution in [0.3, 0.4) is 0 Å². The smallest absolute Gasteiger partial charge is 0.324 e. The second-order valence-corrected chi connectivity index (χ2v) is 5.33. The Morgan fingerprint density at radius 3 is 2.94 bits per heavy atom. The third kappa shape index (κ3) is 2.28. The van der Waals surface area contributed by atoms with Gasteiger partial charge in [0.25, 0.3) is 0 Å². The standard InChI is InChI=1S/C12H14N4OS/c13-12(17)16-5-9(10-6-18-7-14-10)15-11(16)4-3-8-1-2-8/h5-8H,1-4H2,(H2,13,17). The maximum atomic E-state index is 11.4. The molecule has 0 bridgehead atoms. The zero-order valence-electron chi connectivity index (χ0n) is 9.87. The molecule has 2 aromatic heterocycles. The van der Waals surface area contributed by atoms with Crippen molar-refractivity contribution in [1.29, 1.82) is 0 Å². The SMILES string of the molecule is NC(=O)n1cc(-c2cscn2)nc1CCC1CC1. The van der Waals surface area contributed by atoms with Crippen LogP contribution in [0.1, 0.15) is 25.1 Å². The molecule has 1 aliphatic carbocycles. The van der Waals surface area contributed by atoms with E-state index in [1.54, 1.807) is 11.7 Å². The Bertz CT molecular complexity index is 557. The predicted molar refractivity (Wildman–Crippen MR) is 69.4 cm³/mol. The number of nitrogens with zero attached hydrogens (tertiary/aromatic N) is 3. The molecule has 0 atom stereocenters. The molecule has 18 heavy (non-hydrogen) atoms. The Hall–Kier alpha value is -1.69. The van der Waals surface area contributed by atoms with E-state index in [0.29, 0.717) is 0 Å². The summed E-state index contributed by atoms with van der Waals surface area (Å²) in [4.78, 5) is 20.1. The third-order valence-corrected chi connectivity index (χ3v) is 3.77. The molecule has 0 aliphatic heterocycles. The van der Waals surface area contributed by atoms with Gasteiger partial charge in [-0.05, 0) is 12.3 Å². The Balaban J connectivity index is 1.87. The van der Waals surface area contributed by atoms with Gasteiger partial charge in [0.2, 0.25) is 0 Å². The van der Waals surface area contributed by atoms with Crippen molar-refractivity contribution in [2.75, 3.05) is 0 Å². The summed E-state index contributed by atoms with van der Waals surface area (Å²) in [6.45, 7) is 0. The number of imidazole rings is 1. The van der Waals surface area contributed by atoms with Crippen molar-refractivity contribution >= 4 is 17.4 Å². The molecule has 0 spiro atoms. The maximum absolute atomic E-state index is 11.4. The van der Waals surface area contributed by atoms with Gasteiger partial charge in [-0.15, -0.1) is 11.3 Å². The predicted octanol–water partition coefficient (Wildman–Crippen LogP) is 2.28. The van der Waals surface area contributed by atoms with Gasteiger partial charge in [-0.1, -0.05) is 12.8 Å². The van der Waals surface area contributed by atoms with Gasteiger partial charge in [-0.3, -0.25) is 4.57 Å². The Morgan fingerprint density at radius 2 is 2.33 bits per heavy atom. The van der Waals surface area contributed by atoms with Crippen LogP contribution in [0.15, 0.2) is 17.1 Å². The number of carbonyl (C=O) groups excluding carboxylic acids is 1. The first-order valence-electron chi connectivity index (χ1n) is 6.00. The molecule has 94 valence electrons. The molecule has 0 saturated heterocycles. The van der Waals surface area contributed by atoms with Gasteiger partial charge < -0.3 is 5.73 Å². The number of aromatic nitrogens is 3. The lowest BCUT2D eigenvalue weighted by Gasteiger charge is -2.01. The fraction of sp³-hybridized carbons (Fsp3) is 0.417. The van der Waals surface area contributed by atoms with Crippen LogP contribution < -0.4 is 5.73 Å². The molecule has 0 aromatic carbocycles. The highest BCUT2D eigenvalue weighted by Gasteiger charge is 2.22. The van der Waals surface area contributed by atoms with Crippen molar-refractivity contribution in [2.45, 2.75) is 25.7 Å². The van der Waals surface area contributed by atoms with E-state index in [-0.39, 0.29) is 0 Å². The number of nitrogens with two attached hydrogens (primary N) is 1. The quantitative estimate of drug-likeness (QED) is 0.918. The molecule has 2 heterocycles. The molecule has 3 rings (SSSR count). The first-order chi connectivity index (χ1) is 8.74. The summed E-state index contributed by atoms with van der Waals surface area (Å²) in [6, 6.07) is -0.477. The molecule has 2 aromatic rings. The van der Waals surface area contributed by atoms with E-state index >= 15 is 0 Å². The number of primary amides is 1. The molecule has 1 amide bonds. The van der Waals surface area contributed by atoms with Gasteiger partial charge >= 0.3 is 6.03 Å². The van der Waals surface area contributed by atoms with Crippen LogP contribution in [-0.4, -0.2) is 20.6 Å². The number of amides is 1. The molecular formula is C12H14N4OS. The summed E-state index contributed by atoms with van der Waals surface area (Å²) >= 11 is 1.51. The van der Waals surface area contributed by atoms with Crippen molar-refractivity contribution in [2.24, 2.45) is 11.7 Å². The molecule has 0 radical (unpaired) electrons. The van der Waals surface area contributed by atoms with Crippen molar-refractivity contribution in [3.8, 4) is 11.4 Å². The average molecular weight is 262 g/mol. The van der Waals surface area contributed by atoms with Crippen LogP contribution in [0.2, 0.25) is 0 Å². The summed E-state index contributed by atoms with van der Waals surface area (Å²) < 4.78 is 1.44. The highest BCUT2D eigenvalue weighted by molar-refractivity contribution is 7.07. The highest BCUT2D eigenvalue weighted by atomic mass is 32.1. The summed E-state index contributed by atoms with van der Waals surface area (Å²) in [7, 11) is 0. The highest BCUT2D eigenvalue weighted by Crippen LogP contribution is 2.33. The lowest BCUT2D eigenvalue weighted by Crippen LogP contribution is -2.21. The van der Waals surface area contributed by atoms with Gasteiger partial charge in [0.15, 0.2) is 0 Å². The van der Waals surface area contributed by atoms with Crippen molar-refractivity contribution in [3.63, 3.8) is 0 Å². The van der Waals surface area contributed by atoms with Crippen LogP contribution in [0, 0.1) is 5.92 Å². The fourth-order valence-electron chi connectivity index (χ4n) is 1.99. The summed E-state index contributed by atoms with van der Waals surface area (Å²) in [6.07, 6.45) is 6.17. The average Bonchev–Trinajstić information content (AvgIpc) is 2.87. The molecule has 1 saturated carbocycles. The van der Waals surface area contributed by atoms with E-state index in [2.05, 4.69) is 9.97 Å². The van der Waals surface area contributed by atoms with Crippen molar-refractivity contribution in [3.05, 3.63) is 22.9 Å². The monoisotopic (exact) mass is 262 g/mol. The molecule has 0 unspecified atom stereocenters. The van der Waals surface area contributed by atoms with E-state index < -0.39 is 6.03 Å². The minimum atomic E-state index is -0.477. The number of carbonyl (C=O) groups is 1. The molecule has 6 heteroatoms. The van der Waals surface area contributed by atoms with E-state index in [9.17, 15) is 4.79 Å². The zero-order valence-corrected chi connectivity index (χ0v) is 10.7. The van der Waals surface area contributed by atoms with Gasteiger partial charge in [-0.2, -0.15) is 0 Å². The molecular weight excluding hydrogens is 248 g/mol. The number of aryl methyl sites for hydroxylation is 1. The van der Waals surface area contributed by atoms with Crippen LogP contribution in [0.25, 0.3) is 11.4 Å². The topological polar surface area (TPSA) is 73.8 Å². The van der Waals surface area contributed by atoms with Crippen molar-refractivity contribution in [1.82, 2.24) is 14.5 Å². The van der Waals surface area contributed by atoms with Crippen LogP contribution in [0.5, 0.6) is 0 Å². The number of hydrogen-bond donors (Lipinski definition) is 1. The number of rotatable bonds is 4. The molecule has 1 fully saturated rings. The van der Waals surface area contributed by atoms with E-state index in [1.165, 1.54) is 28.7 Å². The third-order valence-electron chi connectivity index (χ3n) is 3.18. The van der Waals surface area contributed by atoms with E-state index in [4.69, 9.17) is 5.73 Å². The van der Waals surface area contributed by atoms with Crippen LogP contribution >= 0.6 is 11.3 Å².